The molecule has 3 rings (SSSR count). The lowest BCUT2D eigenvalue weighted by atomic mass is 10.1. The fourth-order valence-electron chi connectivity index (χ4n) is 2.82. The number of hydrogen-bond acceptors (Lipinski definition) is 4. The zero-order valence-corrected chi connectivity index (χ0v) is 17.6. The largest absolute Gasteiger partial charge is 0.324 e. The van der Waals surface area contributed by atoms with Gasteiger partial charge in [0.2, 0.25) is 5.91 Å². The summed E-state index contributed by atoms with van der Waals surface area (Å²) in [5.41, 5.74) is 3.83. The molecule has 0 aliphatic heterocycles. The molecular formula is C20H19Cl2N5O2. The van der Waals surface area contributed by atoms with Crippen LogP contribution in [0.1, 0.15) is 27.3 Å². The zero-order valence-electron chi connectivity index (χ0n) is 16.1. The lowest BCUT2D eigenvalue weighted by Gasteiger charge is -2.10. The van der Waals surface area contributed by atoms with E-state index in [9.17, 15) is 9.59 Å². The van der Waals surface area contributed by atoms with E-state index in [1.165, 1.54) is 4.68 Å². The number of rotatable bonds is 5. The number of aromatic nitrogens is 3. The molecule has 150 valence electrons. The maximum Gasteiger partial charge on any atom is 0.278 e. The summed E-state index contributed by atoms with van der Waals surface area (Å²) in [5, 5.41) is 14.1. The van der Waals surface area contributed by atoms with Crippen LogP contribution in [-0.4, -0.2) is 26.8 Å². The van der Waals surface area contributed by atoms with Crippen LogP contribution in [0.2, 0.25) is 10.0 Å². The topological polar surface area (TPSA) is 88.9 Å². The van der Waals surface area contributed by atoms with Crippen LogP contribution in [0.3, 0.4) is 0 Å². The Morgan fingerprint density at radius 3 is 2.34 bits per heavy atom. The van der Waals surface area contributed by atoms with Crippen LogP contribution in [0.25, 0.3) is 0 Å². The van der Waals surface area contributed by atoms with Crippen LogP contribution in [0.4, 0.5) is 11.4 Å². The van der Waals surface area contributed by atoms with Gasteiger partial charge in [0.1, 0.15) is 6.54 Å². The average molecular weight is 432 g/mol. The first kappa shape index (κ1) is 20.8. The second kappa shape index (κ2) is 8.63. The predicted octanol–water partition coefficient (Wildman–Crippen LogP) is 4.40. The number of carbonyl (C=O) groups is 2. The van der Waals surface area contributed by atoms with Crippen molar-refractivity contribution in [2.24, 2.45) is 0 Å². The quantitative estimate of drug-likeness (QED) is 0.626. The van der Waals surface area contributed by atoms with Gasteiger partial charge in [-0.25, -0.2) is 4.68 Å². The standard InChI is InChI=1S/C20H19Cl2N5O2/c1-11-4-5-17(12(2)6-11)24-18(28)10-27-13(3)19(25-26-27)20(29)23-16-8-14(21)7-15(22)9-16/h4-9H,10H2,1-3H3,(H,23,29)(H,24,28). The Hall–Kier alpha value is -2.90. The van der Waals surface area contributed by atoms with Gasteiger partial charge in [-0.1, -0.05) is 46.1 Å². The molecule has 0 aliphatic rings. The van der Waals surface area contributed by atoms with E-state index >= 15 is 0 Å². The summed E-state index contributed by atoms with van der Waals surface area (Å²) >= 11 is 11.9. The van der Waals surface area contributed by atoms with Gasteiger partial charge in [-0.05, 0) is 50.6 Å². The number of aryl methyl sites for hydroxylation is 2. The molecule has 0 atom stereocenters. The fourth-order valence-corrected chi connectivity index (χ4v) is 3.34. The molecule has 0 fully saturated rings. The van der Waals surface area contributed by atoms with Crippen molar-refractivity contribution in [3.63, 3.8) is 0 Å². The van der Waals surface area contributed by atoms with Crippen LogP contribution >= 0.6 is 23.2 Å². The van der Waals surface area contributed by atoms with E-state index in [1.54, 1.807) is 25.1 Å². The molecule has 0 unspecified atom stereocenters. The van der Waals surface area contributed by atoms with Gasteiger partial charge in [0.15, 0.2) is 5.69 Å². The Kier molecular flexibility index (Phi) is 6.20. The molecule has 0 saturated carbocycles. The first-order valence-corrected chi connectivity index (χ1v) is 9.53. The van der Waals surface area contributed by atoms with Gasteiger partial charge in [-0.3, -0.25) is 9.59 Å². The van der Waals surface area contributed by atoms with Crippen LogP contribution < -0.4 is 10.6 Å². The zero-order chi connectivity index (χ0) is 21.1. The molecule has 1 aromatic heterocycles. The average Bonchev–Trinajstić information content (AvgIpc) is 2.97. The Morgan fingerprint density at radius 2 is 1.69 bits per heavy atom. The summed E-state index contributed by atoms with van der Waals surface area (Å²) in [6, 6.07) is 10.5. The highest BCUT2D eigenvalue weighted by Crippen LogP contribution is 2.23. The number of nitrogens with zero attached hydrogens (tertiary/aromatic N) is 3. The van der Waals surface area contributed by atoms with E-state index in [0.717, 1.165) is 16.8 Å². The lowest BCUT2D eigenvalue weighted by molar-refractivity contribution is -0.117. The van der Waals surface area contributed by atoms with Gasteiger partial charge >= 0.3 is 0 Å². The molecule has 3 aromatic rings. The number of hydrogen-bond donors (Lipinski definition) is 2. The summed E-state index contributed by atoms with van der Waals surface area (Å²) < 4.78 is 1.37. The van der Waals surface area contributed by atoms with Crippen molar-refractivity contribution in [1.29, 1.82) is 0 Å². The minimum Gasteiger partial charge on any atom is -0.324 e. The molecule has 1 heterocycles. The highest BCUT2D eigenvalue weighted by Gasteiger charge is 2.18. The maximum absolute atomic E-state index is 12.5. The molecule has 2 amide bonds. The molecule has 0 bridgehead atoms. The summed E-state index contributed by atoms with van der Waals surface area (Å²) in [7, 11) is 0. The SMILES string of the molecule is Cc1ccc(NC(=O)Cn2nnc(C(=O)Nc3cc(Cl)cc(Cl)c3)c2C)c(C)c1. The van der Waals surface area contributed by atoms with Gasteiger partial charge in [0.05, 0.1) is 5.69 Å². The van der Waals surface area contributed by atoms with Gasteiger partial charge in [0, 0.05) is 21.4 Å². The van der Waals surface area contributed by atoms with Crippen molar-refractivity contribution in [1.82, 2.24) is 15.0 Å². The summed E-state index contributed by atoms with van der Waals surface area (Å²) in [5.74, 6) is -0.736. The van der Waals surface area contributed by atoms with Crippen LogP contribution in [0, 0.1) is 20.8 Å². The molecule has 29 heavy (non-hydrogen) atoms. The van der Waals surface area contributed by atoms with E-state index in [1.807, 2.05) is 32.0 Å². The Balaban J connectivity index is 1.69. The normalized spacial score (nSPS) is 10.7. The number of anilines is 2. The molecule has 0 aliphatic carbocycles. The summed E-state index contributed by atoms with van der Waals surface area (Å²) in [4.78, 5) is 24.9. The molecular weight excluding hydrogens is 413 g/mol. The minimum atomic E-state index is -0.470. The maximum atomic E-state index is 12.5. The van der Waals surface area contributed by atoms with Crippen molar-refractivity contribution in [2.45, 2.75) is 27.3 Å². The Bertz CT molecular complexity index is 1070. The first-order chi connectivity index (χ1) is 13.7. The third-order valence-corrected chi connectivity index (χ3v) is 4.70. The Morgan fingerprint density at radius 1 is 1.00 bits per heavy atom. The van der Waals surface area contributed by atoms with E-state index in [4.69, 9.17) is 23.2 Å². The summed E-state index contributed by atoms with van der Waals surface area (Å²) in [6.07, 6.45) is 0. The van der Waals surface area contributed by atoms with Gasteiger partial charge in [-0.2, -0.15) is 0 Å². The third kappa shape index (κ3) is 5.13. The second-order valence-electron chi connectivity index (χ2n) is 6.66. The molecule has 0 spiro atoms. The molecule has 9 heteroatoms. The number of benzene rings is 2. The van der Waals surface area contributed by atoms with E-state index in [0.29, 0.717) is 21.4 Å². The second-order valence-corrected chi connectivity index (χ2v) is 7.53. The van der Waals surface area contributed by atoms with Gasteiger partial charge < -0.3 is 10.6 Å². The van der Waals surface area contributed by atoms with Crippen LogP contribution in [0.5, 0.6) is 0 Å². The Labute approximate surface area is 178 Å². The number of halogens is 2. The van der Waals surface area contributed by atoms with Gasteiger partial charge in [-0.15, -0.1) is 5.10 Å². The lowest BCUT2D eigenvalue weighted by Crippen LogP contribution is -2.21. The van der Waals surface area contributed by atoms with E-state index in [-0.39, 0.29) is 18.1 Å². The van der Waals surface area contributed by atoms with Gasteiger partial charge in [0.25, 0.3) is 5.91 Å². The van der Waals surface area contributed by atoms with Crippen molar-refractivity contribution in [3.8, 4) is 0 Å². The monoisotopic (exact) mass is 431 g/mol. The number of nitrogens with one attached hydrogen (secondary N) is 2. The molecule has 7 nitrogen and oxygen atoms in total. The van der Waals surface area contributed by atoms with E-state index in [2.05, 4.69) is 20.9 Å². The molecule has 0 radical (unpaired) electrons. The first-order valence-electron chi connectivity index (χ1n) is 8.77. The summed E-state index contributed by atoms with van der Waals surface area (Å²) in [6.45, 7) is 5.52. The highest BCUT2D eigenvalue weighted by molar-refractivity contribution is 6.35. The minimum absolute atomic E-state index is 0.0670. The fraction of sp³-hybridized carbons (Fsp3) is 0.200. The van der Waals surface area contributed by atoms with Crippen molar-refractivity contribution >= 4 is 46.4 Å². The van der Waals surface area contributed by atoms with Crippen molar-refractivity contribution < 1.29 is 9.59 Å². The molecule has 2 aromatic carbocycles. The third-order valence-electron chi connectivity index (χ3n) is 4.27. The smallest absolute Gasteiger partial charge is 0.278 e. The van der Waals surface area contributed by atoms with E-state index < -0.39 is 5.91 Å². The predicted molar refractivity (Wildman–Crippen MR) is 114 cm³/mol. The molecule has 0 saturated heterocycles. The van der Waals surface area contributed by atoms with Crippen LogP contribution in [-0.2, 0) is 11.3 Å². The molecule has 2 N–H and O–H groups in total. The van der Waals surface area contributed by atoms with Crippen LogP contribution in [0.15, 0.2) is 36.4 Å². The van der Waals surface area contributed by atoms with Crippen molar-refractivity contribution in [3.05, 3.63) is 69.0 Å². The van der Waals surface area contributed by atoms with Crippen molar-refractivity contribution in [2.75, 3.05) is 10.6 Å². The number of amides is 2. The highest BCUT2D eigenvalue weighted by atomic mass is 35.5. The number of carbonyl (C=O) groups excluding carboxylic acids is 2.